The van der Waals surface area contributed by atoms with Gasteiger partial charge in [0.05, 0.1) is 7.11 Å². The maximum Gasteiger partial charge on any atom is 0.407 e. The summed E-state index contributed by atoms with van der Waals surface area (Å²) in [5.74, 6) is -1.31. The number of esters is 1. The molecule has 1 aliphatic rings. The monoisotopic (exact) mass is 579 g/mol. The van der Waals surface area contributed by atoms with Gasteiger partial charge in [-0.2, -0.15) is 0 Å². The molecule has 0 spiro atoms. The highest BCUT2D eigenvalue weighted by Crippen LogP contribution is 2.44. The molecule has 3 rings (SSSR count). The van der Waals surface area contributed by atoms with Crippen molar-refractivity contribution in [2.24, 2.45) is 0 Å². The van der Waals surface area contributed by atoms with Gasteiger partial charge in [-0.3, -0.25) is 4.79 Å². The number of ether oxygens (including phenoxy) is 3. The Kier molecular flexibility index (Phi) is 11.5. The zero-order valence-electron chi connectivity index (χ0n) is 24.7. The van der Waals surface area contributed by atoms with Crippen LogP contribution < -0.4 is 16.0 Å². The summed E-state index contributed by atoms with van der Waals surface area (Å²) in [5.41, 5.74) is 3.75. The van der Waals surface area contributed by atoms with E-state index in [4.69, 9.17) is 14.2 Å². The smallest absolute Gasteiger partial charge is 0.407 e. The number of fused-ring (bicyclic) bond motifs is 3. The summed E-state index contributed by atoms with van der Waals surface area (Å²) in [7, 11) is 1.23. The fourth-order valence-corrected chi connectivity index (χ4v) is 4.82. The third kappa shape index (κ3) is 9.09. The number of methoxy groups -OCH3 is 1. The molecule has 0 radical (unpaired) electrons. The minimum Gasteiger partial charge on any atom is -0.467 e. The van der Waals surface area contributed by atoms with Gasteiger partial charge in [0.15, 0.2) is 0 Å². The van der Waals surface area contributed by atoms with Crippen LogP contribution >= 0.6 is 0 Å². The lowest BCUT2D eigenvalue weighted by Crippen LogP contribution is -2.52. The first-order chi connectivity index (χ1) is 20.0. The van der Waals surface area contributed by atoms with Gasteiger partial charge in [0, 0.05) is 12.5 Å². The van der Waals surface area contributed by atoms with E-state index in [1.807, 2.05) is 48.5 Å². The van der Waals surface area contributed by atoms with E-state index < -0.39 is 41.7 Å². The Balaban J connectivity index is 1.62. The number of nitrogens with one attached hydrogen (secondary N) is 3. The number of hydrogen-bond donors (Lipinski definition) is 3. The Morgan fingerprint density at radius 2 is 1.52 bits per heavy atom. The van der Waals surface area contributed by atoms with Crippen LogP contribution in [0.15, 0.2) is 61.2 Å². The van der Waals surface area contributed by atoms with Crippen molar-refractivity contribution in [1.29, 1.82) is 0 Å². The molecule has 10 nitrogen and oxygen atoms in total. The molecule has 42 heavy (non-hydrogen) atoms. The number of amides is 3. The SMILES string of the molecule is C=CC[C@H](NC(=O)[C@H](CCCCNC(=O)OC(C)(C)C)NC(=O)OCC1c2ccccc2-c2ccccc21)C(=O)OC. The highest BCUT2D eigenvalue weighted by atomic mass is 16.6. The van der Waals surface area contributed by atoms with Crippen LogP contribution in [0, 0.1) is 0 Å². The largest absolute Gasteiger partial charge is 0.467 e. The average Bonchev–Trinajstić information content (AvgIpc) is 3.27. The van der Waals surface area contributed by atoms with Crippen LogP contribution in [0.2, 0.25) is 0 Å². The molecule has 0 aliphatic heterocycles. The van der Waals surface area contributed by atoms with E-state index in [9.17, 15) is 19.2 Å². The van der Waals surface area contributed by atoms with E-state index in [0.29, 0.717) is 19.4 Å². The van der Waals surface area contributed by atoms with E-state index >= 15 is 0 Å². The Morgan fingerprint density at radius 1 is 0.905 bits per heavy atom. The van der Waals surface area contributed by atoms with Gasteiger partial charge in [-0.25, -0.2) is 14.4 Å². The van der Waals surface area contributed by atoms with Crippen molar-refractivity contribution < 1.29 is 33.4 Å². The highest BCUT2D eigenvalue weighted by molar-refractivity contribution is 5.89. The fourth-order valence-electron chi connectivity index (χ4n) is 4.82. The number of rotatable bonds is 13. The molecule has 10 heteroatoms. The van der Waals surface area contributed by atoms with E-state index in [0.717, 1.165) is 22.3 Å². The standard InChI is InChI=1S/C32H41N3O7/c1-6-13-27(29(37)40-5)34-28(36)26(18-11-12-19-33-30(38)42-32(2,3)4)35-31(39)41-20-25-23-16-9-7-14-21(23)22-15-8-10-17-24(22)25/h6-10,14-17,25-27H,1,11-13,18-20H2,2-5H3,(H,33,38)(H,34,36)(H,35,39)/t26-,27-/m0/s1. The second kappa shape index (κ2) is 15.0. The minimum atomic E-state index is -0.987. The average molecular weight is 580 g/mol. The molecule has 3 amide bonds. The third-order valence-corrected chi connectivity index (χ3v) is 6.74. The predicted octanol–water partition coefficient (Wildman–Crippen LogP) is 4.82. The summed E-state index contributed by atoms with van der Waals surface area (Å²) in [6, 6.07) is 14.1. The number of alkyl carbamates (subject to hydrolysis) is 2. The summed E-state index contributed by atoms with van der Waals surface area (Å²) in [6.07, 6.45) is 1.65. The second-order valence-electron chi connectivity index (χ2n) is 11.1. The molecule has 226 valence electrons. The Labute approximate surface area is 247 Å². The summed E-state index contributed by atoms with van der Waals surface area (Å²) < 4.78 is 15.6. The van der Waals surface area contributed by atoms with Gasteiger partial charge in [-0.15, -0.1) is 6.58 Å². The van der Waals surface area contributed by atoms with Crippen LogP contribution in [0.25, 0.3) is 11.1 Å². The van der Waals surface area contributed by atoms with Crippen molar-refractivity contribution in [2.45, 2.75) is 70.1 Å². The van der Waals surface area contributed by atoms with Gasteiger partial charge in [-0.05, 0) is 68.7 Å². The number of carbonyl (C=O) groups is 4. The predicted molar refractivity (Wildman–Crippen MR) is 159 cm³/mol. The maximum atomic E-state index is 13.2. The molecule has 0 saturated carbocycles. The maximum absolute atomic E-state index is 13.2. The summed E-state index contributed by atoms with van der Waals surface area (Å²) in [4.78, 5) is 50.2. The molecule has 0 unspecified atom stereocenters. The van der Waals surface area contributed by atoms with Crippen molar-refractivity contribution in [3.63, 3.8) is 0 Å². The number of benzene rings is 2. The molecular weight excluding hydrogens is 538 g/mol. The van der Waals surface area contributed by atoms with Gasteiger partial charge < -0.3 is 30.2 Å². The van der Waals surface area contributed by atoms with Crippen LogP contribution in [0.3, 0.4) is 0 Å². The van der Waals surface area contributed by atoms with Gasteiger partial charge in [0.1, 0.15) is 24.3 Å². The number of unbranched alkanes of at least 4 members (excludes halogenated alkanes) is 1. The molecule has 0 saturated heterocycles. The zero-order chi connectivity index (χ0) is 30.7. The summed E-state index contributed by atoms with van der Waals surface area (Å²) in [6.45, 7) is 9.38. The van der Waals surface area contributed by atoms with Crippen LogP contribution in [0.5, 0.6) is 0 Å². The molecule has 0 fully saturated rings. The molecule has 1 aliphatic carbocycles. The first kappa shape index (κ1) is 32.2. The van der Waals surface area contributed by atoms with Crippen LogP contribution in [-0.2, 0) is 23.8 Å². The van der Waals surface area contributed by atoms with Gasteiger partial charge >= 0.3 is 18.2 Å². The van der Waals surface area contributed by atoms with E-state index in [2.05, 4.69) is 22.5 Å². The molecule has 0 bridgehead atoms. The minimum absolute atomic E-state index is 0.0925. The molecule has 3 N–H and O–H groups in total. The first-order valence-corrected chi connectivity index (χ1v) is 14.1. The quantitative estimate of drug-likeness (QED) is 0.134. The van der Waals surface area contributed by atoms with Crippen molar-refractivity contribution in [2.75, 3.05) is 20.3 Å². The molecule has 0 aromatic heterocycles. The summed E-state index contributed by atoms with van der Waals surface area (Å²) >= 11 is 0. The van der Waals surface area contributed by atoms with E-state index in [1.165, 1.54) is 13.2 Å². The zero-order valence-corrected chi connectivity index (χ0v) is 24.7. The molecule has 2 atom stereocenters. The molecule has 2 aromatic rings. The lowest BCUT2D eigenvalue weighted by atomic mass is 9.98. The van der Waals surface area contributed by atoms with Crippen LogP contribution in [0.1, 0.15) is 63.5 Å². The second-order valence-corrected chi connectivity index (χ2v) is 11.1. The van der Waals surface area contributed by atoms with Crippen LogP contribution in [0.4, 0.5) is 9.59 Å². The van der Waals surface area contributed by atoms with Crippen LogP contribution in [-0.4, -0.2) is 62.0 Å². The lowest BCUT2D eigenvalue weighted by molar-refractivity contribution is -0.145. The fraction of sp³-hybridized carbons (Fsp3) is 0.438. The lowest BCUT2D eigenvalue weighted by Gasteiger charge is -2.22. The molecule has 2 aromatic carbocycles. The van der Waals surface area contributed by atoms with Crippen molar-refractivity contribution >= 4 is 24.1 Å². The van der Waals surface area contributed by atoms with Gasteiger partial charge in [0.2, 0.25) is 5.91 Å². The normalized spacial score (nSPS) is 13.5. The van der Waals surface area contributed by atoms with Gasteiger partial charge in [0.25, 0.3) is 0 Å². The summed E-state index contributed by atoms with van der Waals surface area (Å²) in [5, 5.41) is 7.97. The number of hydrogen-bond acceptors (Lipinski definition) is 7. The van der Waals surface area contributed by atoms with Crippen molar-refractivity contribution in [3.05, 3.63) is 72.3 Å². The van der Waals surface area contributed by atoms with Crippen molar-refractivity contribution in [1.82, 2.24) is 16.0 Å². The first-order valence-electron chi connectivity index (χ1n) is 14.1. The highest BCUT2D eigenvalue weighted by Gasteiger charge is 2.30. The molecule has 0 heterocycles. The topological polar surface area (TPSA) is 132 Å². The van der Waals surface area contributed by atoms with Crippen molar-refractivity contribution in [3.8, 4) is 11.1 Å². The Bertz CT molecular complexity index is 1230. The Hall–Kier alpha value is -4.34. The Morgan fingerprint density at radius 3 is 2.10 bits per heavy atom. The number of carbonyl (C=O) groups excluding carboxylic acids is 4. The van der Waals surface area contributed by atoms with E-state index in [1.54, 1.807) is 20.8 Å². The third-order valence-electron chi connectivity index (χ3n) is 6.74. The van der Waals surface area contributed by atoms with Gasteiger partial charge in [-0.1, -0.05) is 54.6 Å². The van der Waals surface area contributed by atoms with E-state index in [-0.39, 0.29) is 25.4 Å². The molecular formula is C32H41N3O7.